The van der Waals surface area contributed by atoms with E-state index in [0.717, 1.165) is 18.7 Å². The van der Waals surface area contributed by atoms with E-state index in [9.17, 15) is 9.59 Å². The maximum Gasteiger partial charge on any atom is 0.306 e. The molecule has 6 nitrogen and oxygen atoms in total. The van der Waals surface area contributed by atoms with Crippen LogP contribution >= 0.6 is 0 Å². The van der Waals surface area contributed by atoms with Gasteiger partial charge < -0.3 is 14.6 Å². The predicted octanol–water partition coefficient (Wildman–Crippen LogP) is 1.41. The second-order valence-corrected chi connectivity index (χ2v) is 6.20. The molecule has 2 aliphatic rings. The second kappa shape index (κ2) is 5.50. The van der Waals surface area contributed by atoms with Crippen molar-refractivity contribution in [1.29, 1.82) is 0 Å². The first-order chi connectivity index (χ1) is 10.1. The minimum absolute atomic E-state index is 0.115. The molecular weight excluding hydrogens is 270 g/mol. The molecule has 2 aliphatic carbocycles. The number of aryl methyl sites for hydroxylation is 1. The lowest BCUT2D eigenvalue weighted by atomic mass is 10.0. The fraction of sp³-hybridized carbons (Fsp3) is 0.667. The number of carboxylic acids is 1. The van der Waals surface area contributed by atoms with E-state index in [0.29, 0.717) is 31.8 Å². The van der Waals surface area contributed by atoms with Crippen LogP contribution in [0.3, 0.4) is 0 Å². The zero-order chi connectivity index (χ0) is 15.0. The highest BCUT2D eigenvalue weighted by Gasteiger charge is 2.40. The van der Waals surface area contributed by atoms with Crippen LogP contribution < -0.4 is 0 Å². The highest BCUT2D eigenvalue weighted by Crippen LogP contribution is 2.36. The molecule has 1 N–H and O–H groups in total. The summed E-state index contributed by atoms with van der Waals surface area (Å²) in [6.07, 6.45) is 7.50. The first kappa shape index (κ1) is 14.1. The molecule has 1 amide bonds. The molecule has 0 aliphatic heterocycles. The molecule has 2 saturated carbocycles. The van der Waals surface area contributed by atoms with E-state index < -0.39 is 5.97 Å². The smallest absolute Gasteiger partial charge is 0.306 e. The molecule has 6 heteroatoms. The number of nitrogens with zero attached hydrogens (tertiary/aromatic N) is 3. The zero-order valence-electron chi connectivity index (χ0n) is 12.2. The lowest BCUT2D eigenvalue weighted by molar-refractivity contribution is -0.141. The fourth-order valence-corrected chi connectivity index (χ4v) is 3.14. The number of rotatable bonds is 5. The summed E-state index contributed by atoms with van der Waals surface area (Å²) in [6.45, 7) is 0.529. The number of hydrogen-bond acceptors (Lipinski definition) is 3. The molecule has 21 heavy (non-hydrogen) atoms. The standard InChI is InChI=1S/C15H21N3O3/c1-17-7-6-16-13(17)9-18(12-4-5-12)14(19)10-2-3-11(8-10)15(20)21/h6-7,10-12H,2-5,8-9H2,1H3,(H,20,21). The quantitative estimate of drug-likeness (QED) is 0.890. The Morgan fingerprint density at radius 3 is 2.57 bits per heavy atom. The molecule has 1 heterocycles. The minimum atomic E-state index is -0.771. The molecule has 1 aromatic rings. The summed E-state index contributed by atoms with van der Waals surface area (Å²) in [6, 6.07) is 0.318. The summed E-state index contributed by atoms with van der Waals surface area (Å²) < 4.78 is 1.93. The highest BCUT2D eigenvalue weighted by molar-refractivity contribution is 5.81. The van der Waals surface area contributed by atoms with E-state index in [1.807, 2.05) is 22.7 Å². The number of imidazole rings is 1. The topological polar surface area (TPSA) is 75.4 Å². The van der Waals surface area contributed by atoms with Crippen molar-refractivity contribution in [3.63, 3.8) is 0 Å². The Morgan fingerprint density at radius 2 is 2.05 bits per heavy atom. The summed E-state index contributed by atoms with van der Waals surface area (Å²) in [5.74, 6) is -0.264. The van der Waals surface area contributed by atoms with Crippen molar-refractivity contribution < 1.29 is 14.7 Å². The van der Waals surface area contributed by atoms with E-state index in [2.05, 4.69) is 4.98 Å². The number of aromatic nitrogens is 2. The SMILES string of the molecule is Cn1ccnc1CN(C(=O)C1CCC(C(=O)O)C1)C1CC1. The maximum atomic E-state index is 12.7. The lowest BCUT2D eigenvalue weighted by Gasteiger charge is -2.25. The van der Waals surface area contributed by atoms with Crippen LogP contribution in [-0.2, 0) is 23.2 Å². The summed E-state index contributed by atoms with van der Waals surface area (Å²) in [5, 5.41) is 9.08. The van der Waals surface area contributed by atoms with E-state index in [1.165, 1.54) is 0 Å². The molecule has 0 radical (unpaired) electrons. The number of carbonyl (C=O) groups excluding carboxylic acids is 1. The van der Waals surface area contributed by atoms with Gasteiger partial charge in [-0.2, -0.15) is 0 Å². The molecular formula is C15H21N3O3. The number of aliphatic carboxylic acids is 1. The van der Waals surface area contributed by atoms with Gasteiger partial charge in [0.25, 0.3) is 0 Å². The van der Waals surface area contributed by atoms with Crippen LogP contribution in [0.4, 0.5) is 0 Å². The second-order valence-electron chi connectivity index (χ2n) is 6.20. The van der Waals surface area contributed by atoms with Crippen molar-refractivity contribution in [1.82, 2.24) is 14.5 Å². The van der Waals surface area contributed by atoms with Gasteiger partial charge in [-0.25, -0.2) is 4.98 Å². The molecule has 114 valence electrons. The van der Waals surface area contributed by atoms with Crippen LogP contribution in [-0.4, -0.2) is 37.5 Å². The monoisotopic (exact) mass is 291 g/mol. The van der Waals surface area contributed by atoms with Crippen LogP contribution in [0, 0.1) is 11.8 Å². The van der Waals surface area contributed by atoms with E-state index in [1.54, 1.807) is 6.20 Å². The van der Waals surface area contributed by atoms with Gasteiger partial charge in [0.15, 0.2) is 0 Å². The number of hydrogen-bond donors (Lipinski definition) is 1. The third-order valence-corrected chi connectivity index (χ3v) is 4.63. The average molecular weight is 291 g/mol. The summed E-state index contributed by atoms with van der Waals surface area (Å²) in [4.78, 5) is 30.0. The molecule has 2 unspecified atom stereocenters. The first-order valence-corrected chi connectivity index (χ1v) is 7.55. The zero-order valence-corrected chi connectivity index (χ0v) is 12.2. The Balaban J connectivity index is 1.68. The molecule has 2 atom stereocenters. The van der Waals surface area contributed by atoms with Crippen LogP contribution in [0.2, 0.25) is 0 Å². The molecule has 0 aromatic carbocycles. The van der Waals surface area contributed by atoms with Crippen LogP contribution in [0.5, 0.6) is 0 Å². The number of carbonyl (C=O) groups is 2. The van der Waals surface area contributed by atoms with Crippen LogP contribution in [0.15, 0.2) is 12.4 Å². The van der Waals surface area contributed by atoms with Crippen molar-refractivity contribution in [3.8, 4) is 0 Å². The maximum absolute atomic E-state index is 12.7. The first-order valence-electron chi connectivity index (χ1n) is 7.55. The minimum Gasteiger partial charge on any atom is -0.481 e. The van der Waals surface area contributed by atoms with Gasteiger partial charge in [0, 0.05) is 31.4 Å². The van der Waals surface area contributed by atoms with Gasteiger partial charge in [0.05, 0.1) is 12.5 Å². The van der Waals surface area contributed by atoms with Crippen molar-refractivity contribution >= 4 is 11.9 Å². The van der Waals surface area contributed by atoms with Crippen LogP contribution in [0.25, 0.3) is 0 Å². The van der Waals surface area contributed by atoms with Gasteiger partial charge in [-0.1, -0.05) is 0 Å². The molecule has 2 fully saturated rings. The van der Waals surface area contributed by atoms with Gasteiger partial charge in [-0.3, -0.25) is 9.59 Å². The van der Waals surface area contributed by atoms with Crippen molar-refractivity contribution in [2.24, 2.45) is 18.9 Å². The third kappa shape index (κ3) is 2.94. The van der Waals surface area contributed by atoms with Crippen molar-refractivity contribution in [2.45, 2.75) is 44.7 Å². The normalized spacial score (nSPS) is 25.0. The van der Waals surface area contributed by atoms with E-state index in [4.69, 9.17) is 5.11 Å². The molecule has 0 bridgehead atoms. The third-order valence-electron chi connectivity index (χ3n) is 4.63. The van der Waals surface area contributed by atoms with Gasteiger partial charge in [-0.05, 0) is 32.1 Å². The van der Waals surface area contributed by atoms with Crippen LogP contribution in [0.1, 0.15) is 37.9 Å². The Kier molecular flexibility index (Phi) is 3.69. The van der Waals surface area contributed by atoms with Crippen molar-refractivity contribution in [3.05, 3.63) is 18.2 Å². The molecule has 3 rings (SSSR count). The Morgan fingerprint density at radius 1 is 1.33 bits per heavy atom. The molecule has 1 aromatic heterocycles. The van der Waals surface area contributed by atoms with Crippen molar-refractivity contribution in [2.75, 3.05) is 0 Å². The Bertz CT molecular complexity index is 550. The fourth-order valence-electron chi connectivity index (χ4n) is 3.14. The highest BCUT2D eigenvalue weighted by atomic mass is 16.4. The number of amides is 1. The van der Waals surface area contributed by atoms with Gasteiger partial charge in [-0.15, -0.1) is 0 Å². The van der Waals surface area contributed by atoms with Gasteiger partial charge >= 0.3 is 5.97 Å². The number of carboxylic acid groups (broad SMARTS) is 1. The summed E-state index contributed by atoms with van der Waals surface area (Å²) in [5.41, 5.74) is 0. The summed E-state index contributed by atoms with van der Waals surface area (Å²) >= 11 is 0. The van der Waals surface area contributed by atoms with E-state index >= 15 is 0 Å². The van der Waals surface area contributed by atoms with Gasteiger partial charge in [0.1, 0.15) is 5.82 Å². The predicted molar refractivity (Wildman–Crippen MR) is 75.2 cm³/mol. The summed E-state index contributed by atoms with van der Waals surface area (Å²) in [7, 11) is 1.92. The Labute approximate surface area is 123 Å². The Hall–Kier alpha value is -1.85. The lowest BCUT2D eigenvalue weighted by Crippen LogP contribution is -2.37. The largest absolute Gasteiger partial charge is 0.481 e. The molecule has 0 spiro atoms. The van der Waals surface area contributed by atoms with Gasteiger partial charge in [0.2, 0.25) is 5.91 Å². The molecule has 0 saturated heterocycles. The van der Waals surface area contributed by atoms with E-state index in [-0.39, 0.29) is 17.7 Å². The average Bonchev–Trinajstić information content (AvgIpc) is 3.01.